The topological polar surface area (TPSA) is 46.5 Å². The quantitative estimate of drug-likeness (QED) is 0.900. The van der Waals surface area contributed by atoms with Gasteiger partial charge in [-0.2, -0.15) is 0 Å². The molecule has 0 spiro atoms. The van der Waals surface area contributed by atoms with E-state index in [9.17, 15) is 9.90 Å². The maximum atomic E-state index is 11.5. The monoisotopic (exact) mass is 314 g/mol. The zero-order valence-electron chi connectivity index (χ0n) is 11.2. The summed E-state index contributed by atoms with van der Waals surface area (Å²) < 4.78 is 6.09. The van der Waals surface area contributed by atoms with Crippen LogP contribution in [0.1, 0.15) is 26.3 Å². The molecule has 4 heteroatoms. The first-order valence-electron chi connectivity index (χ1n) is 5.87. The number of hydrogen-bond donors (Lipinski definition) is 1. The summed E-state index contributed by atoms with van der Waals surface area (Å²) in [5.74, 6) is 0.0185. The summed E-state index contributed by atoms with van der Waals surface area (Å²) in [6.07, 6.45) is 0.470. The third kappa shape index (κ3) is 3.05. The van der Waals surface area contributed by atoms with Crippen molar-refractivity contribution in [3.05, 3.63) is 28.2 Å². The molecule has 0 aliphatic heterocycles. The number of benzene rings is 1. The van der Waals surface area contributed by atoms with Gasteiger partial charge in [-0.05, 0) is 43.0 Å². The van der Waals surface area contributed by atoms with Crippen LogP contribution in [-0.2, 0) is 11.2 Å². The first-order valence-corrected chi connectivity index (χ1v) is 6.66. The van der Waals surface area contributed by atoms with E-state index in [-0.39, 0.29) is 5.92 Å². The smallest absolute Gasteiger partial charge is 0.309 e. The second-order valence-electron chi connectivity index (χ2n) is 5.01. The maximum absolute atomic E-state index is 11.5. The Morgan fingerprint density at radius 2 is 2.11 bits per heavy atom. The van der Waals surface area contributed by atoms with Crippen LogP contribution in [0.2, 0.25) is 0 Å². The Morgan fingerprint density at radius 3 is 2.56 bits per heavy atom. The Bertz CT molecular complexity index is 443. The number of hydrogen-bond acceptors (Lipinski definition) is 2. The number of aliphatic carboxylic acids is 1. The predicted molar refractivity (Wildman–Crippen MR) is 75.0 cm³/mol. The zero-order chi connectivity index (χ0) is 13.9. The minimum atomic E-state index is -0.783. The minimum absolute atomic E-state index is 0.0492. The summed E-state index contributed by atoms with van der Waals surface area (Å²) in [6.45, 7) is 5.65. The summed E-state index contributed by atoms with van der Waals surface area (Å²) in [4.78, 5) is 11.5. The third-order valence-corrected chi connectivity index (χ3v) is 4.35. The fraction of sp³-hybridized carbons (Fsp3) is 0.500. The average molecular weight is 315 g/mol. The van der Waals surface area contributed by atoms with Crippen LogP contribution in [0.25, 0.3) is 0 Å². The van der Waals surface area contributed by atoms with E-state index in [0.717, 1.165) is 15.8 Å². The van der Waals surface area contributed by atoms with E-state index < -0.39 is 11.4 Å². The third-order valence-electron chi connectivity index (χ3n) is 3.57. The van der Waals surface area contributed by atoms with E-state index in [2.05, 4.69) is 15.9 Å². The van der Waals surface area contributed by atoms with Crippen molar-refractivity contribution in [3.8, 4) is 5.75 Å². The van der Waals surface area contributed by atoms with Gasteiger partial charge in [-0.15, -0.1) is 0 Å². The van der Waals surface area contributed by atoms with E-state index in [4.69, 9.17) is 4.74 Å². The molecule has 1 rings (SSSR count). The molecule has 0 aromatic heterocycles. The van der Waals surface area contributed by atoms with Crippen molar-refractivity contribution < 1.29 is 14.6 Å². The largest absolute Gasteiger partial charge is 0.497 e. The Kier molecular flexibility index (Phi) is 4.79. The lowest BCUT2D eigenvalue weighted by Crippen LogP contribution is -2.35. The second-order valence-corrected chi connectivity index (χ2v) is 5.87. The van der Waals surface area contributed by atoms with Crippen LogP contribution in [0.5, 0.6) is 5.75 Å². The van der Waals surface area contributed by atoms with Crippen molar-refractivity contribution >= 4 is 21.9 Å². The van der Waals surface area contributed by atoms with Gasteiger partial charge in [-0.1, -0.05) is 29.8 Å². The molecule has 0 bridgehead atoms. The molecule has 1 aromatic rings. The Labute approximate surface area is 116 Å². The molecule has 0 aliphatic rings. The van der Waals surface area contributed by atoms with Gasteiger partial charge in [0, 0.05) is 4.47 Å². The Hall–Kier alpha value is -1.03. The molecule has 0 aliphatic carbocycles. The summed E-state index contributed by atoms with van der Waals surface area (Å²) in [5, 5.41) is 9.44. The van der Waals surface area contributed by atoms with Crippen molar-refractivity contribution in [1.29, 1.82) is 0 Å². The van der Waals surface area contributed by atoms with Crippen LogP contribution in [-0.4, -0.2) is 18.2 Å². The molecule has 0 saturated heterocycles. The van der Waals surface area contributed by atoms with Gasteiger partial charge in [-0.3, -0.25) is 4.79 Å². The molecule has 100 valence electrons. The van der Waals surface area contributed by atoms with Gasteiger partial charge in [0.05, 0.1) is 12.5 Å². The molecule has 0 fully saturated rings. The normalized spacial score (nSPS) is 14.3. The van der Waals surface area contributed by atoms with Crippen LogP contribution < -0.4 is 4.74 Å². The molecular weight excluding hydrogens is 296 g/mol. The lowest BCUT2D eigenvalue weighted by molar-refractivity contribution is -0.150. The highest BCUT2D eigenvalue weighted by Crippen LogP contribution is 2.35. The zero-order valence-corrected chi connectivity index (χ0v) is 12.7. The highest BCUT2D eigenvalue weighted by Gasteiger charge is 2.37. The molecule has 0 radical (unpaired) electrons. The van der Waals surface area contributed by atoms with Crippen LogP contribution in [0.4, 0.5) is 0 Å². The number of carboxylic acid groups (broad SMARTS) is 1. The Balaban J connectivity index is 3.12. The van der Waals surface area contributed by atoms with Crippen LogP contribution in [0.3, 0.4) is 0 Å². The summed E-state index contributed by atoms with van der Waals surface area (Å²) in [5.41, 5.74) is 0.169. The number of rotatable bonds is 5. The van der Waals surface area contributed by atoms with Gasteiger partial charge in [0.1, 0.15) is 5.75 Å². The molecule has 0 saturated carbocycles. The SMILES string of the molecule is COc1ccc(Br)c(CC(C)(C(=O)O)C(C)C)c1. The van der Waals surface area contributed by atoms with Gasteiger partial charge in [0.15, 0.2) is 0 Å². The first kappa shape index (κ1) is 15.0. The summed E-state index contributed by atoms with van der Waals surface area (Å²) in [6, 6.07) is 5.62. The fourth-order valence-corrected chi connectivity index (χ4v) is 2.12. The van der Waals surface area contributed by atoms with E-state index in [1.807, 2.05) is 32.0 Å². The molecule has 0 amide bonds. The Morgan fingerprint density at radius 1 is 1.50 bits per heavy atom. The standard InChI is InChI=1S/C14H19BrO3/c1-9(2)14(3,13(16)17)8-10-7-11(18-4)5-6-12(10)15/h5-7,9H,8H2,1-4H3,(H,16,17). The van der Waals surface area contributed by atoms with Gasteiger partial charge in [0.25, 0.3) is 0 Å². The van der Waals surface area contributed by atoms with Gasteiger partial charge in [-0.25, -0.2) is 0 Å². The van der Waals surface area contributed by atoms with E-state index >= 15 is 0 Å². The summed E-state index contributed by atoms with van der Waals surface area (Å²) >= 11 is 3.46. The lowest BCUT2D eigenvalue weighted by Gasteiger charge is -2.29. The first-order chi connectivity index (χ1) is 8.31. The molecule has 1 aromatic carbocycles. The van der Waals surface area contributed by atoms with Crippen molar-refractivity contribution in [1.82, 2.24) is 0 Å². The van der Waals surface area contributed by atoms with Crippen LogP contribution >= 0.6 is 15.9 Å². The number of methoxy groups -OCH3 is 1. The van der Waals surface area contributed by atoms with Crippen LogP contribution in [0.15, 0.2) is 22.7 Å². The van der Waals surface area contributed by atoms with Crippen molar-refractivity contribution in [2.75, 3.05) is 7.11 Å². The minimum Gasteiger partial charge on any atom is -0.497 e. The van der Waals surface area contributed by atoms with Crippen molar-refractivity contribution in [2.45, 2.75) is 27.2 Å². The number of halogens is 1. The number of carboxylic acids is 1. The number of carbonyl (C=O) groups is 1. The highest BCUT2D eigenvalue weighted by molar-refractivity contribution is 9.10. The van der Waals surface area contributed by atoms with Crippen LogP contribution in [0, 0.1) is 11.3 Å². The average Bonchev–Trinajstić information content (AvgIpc) is 2.31. The lowest BCUT2D eigenvalue weighted by atomic mass is 9.74. The maximum Gasteiger partial charge on any atom is 0.309 e. The van der Waals surface area contributed by atoms with Crippen molar-refractivity contribution in [2.24, 2.45) is 11.3 Å². The number of ether oxygens (including phenoxy) is 1. The predicted octanol–water partition coefficient (Wildman–Crippen LogP) is 3.75. The summed E-state index contributed by atoms with van der Waals surface area (Å²) in [7, 11) is 1.60. The van der Waals surface area contributed by atoms with E-state index in [1.54, 1.807) is 14.0 Å². The fourth-order valence-electron chi connectivity index (χ4n) is 1.74. The molecule has 3 nitrogen and oxygen atoms in total. The molecule has 1 unspecified atom stereocenters. The van der Waals surface area contributed by atoms with Gasteiger partial charge in [0.2, 0.25) is 0 Å². The van der Waals surface area contributed by atoms with Crippen molar-refractivity contribution in [3.63, 3.8) is 0 Å². The molecular formula is C14H19BrO3. The van der Waals surface area contributed by atoms with E-state index in [1.165, 1.54) is 0 Å². The molecule has 1 N–H and O–H groups in total. The second kappa shape index (κ2) is 5.74. The molecule has 18 heavy (non-hydrogen) atoms. The van der Waals surface area contributed by atoms with Gasteiger partial charge < -0.3 is 9.84 Å². The van der Waals surface area contributed by atoms with Gasteiger partial charge >= 0.3 is 5.97 Å². The molecule has 0 heterocycles. The van der Waals surface area contributed by atoms with E-state index in [0.29, 0.717) is 6.42 Å². The highest BCUT2D eigenvalue weighted by atomic mass is 79.9. The molecule has 1 atom stereocenters.